The van der Waals surface area contributed by atoms with Crippen LogP contribution in [0.5, 0.6) is 5.75 Å². The minimum Gasteiger partial charge on any atom is -0.494 e. The number of anilines is 5. The summed E-state index contributed by atoms with van der Waals surface area (Å²) in [5, 5.41) is 7.80. The molecule has 1 aromatic heterocycles. The second kappa shape index (κ2) is 12.8. The van der Waals surface area contributed by atoms with Crippen molar-refractivity contribution < 1.29 is 27.9 Å². The lowest BCUT2D eigenvalue weighted by Crippen LogP contribution is -2.49. The normalized spacial score (nSPS) is 23.2. The van der Waals surface area contributed by atoms with E-state index in [1.54, 1.807) is 18.2 Å². The van der Waals surface area contributed by atoms with E-state index in [1.165, 1.54) is 24.5 Å². The molecular weight excluding hydrogens is 596 g/mol. The van der Waals surface area contributed by atoms with Gasteiger partial charge in [-0.05, 0) is 49.1 Å². The Hall–Kier alpha value is -4.33. The van der Waals surface area contributed by atoms with Gasteiger partial charge < -0.3 is 25.0 Å². The van der Waals surface area contributed by atoms with Crippen LogP contribution in [0.1, 0.15) is 37.3 Å². The Morgan fingerprint density at radius 1 is 1.04 bits per heavy atom. The molecule has 7 rings (SSSR count). The molecule has 4 aliphatic heterocycles. The number of hydrogen-bond acceptors (Lipinski definition) is 10. The number of rotatable bonds is 9. The SMILES string of the molecule is C=CC(=O)Nc1cc(Nc2cc(N3OCC[C@@H]3c3cc(F)cc(F)c3)ncn2)c(OC)cc1N1CCC(N2C[C@H]3C[C@@H]2CO3)CC1. The number of aromatic nitrogens is 2. The van der Waals surface area contributed by atoms with E-state index in [2.05, 4.69) is 37.0 Å². The highest BCUT2D eigenvalue weighted by Crippen LogP contribution is 2.41. The Balaban J connectivity index is 1.12. The highest BCUT2D eigenvalue weighted by molar-refractivity contribution is 6.02. The summed E-state index contributed by atoms with van der Waals surface area (Å²) in [5.41, 5.74) is 2.50. The molecule has 0 unspecified atom stereocenters. The number of morpholine rings is 1. The van der Waals surface area contributed by atoms with Crippen molar-refractivity contribution in [2.45, 2.75) is 49.9 Å². The minimum atomic E-state index is -0.653. The van der Waals surface area contributed by atoms with Crippen LogP contribution < -0.4 is 25.3 Å². The van der Waals surface area contributed by atoms with Gasteiger partial charge in [-0.3, -0.25) is 14.5 Å². The van der Waals surface area contributed by atoms with Crippen LogP contribution in [-0.4, -0.2) is 78.9 Å². The number of nitrogens with zero attached hydrogens (tertiary/aromatic N) is 5. The van der Waals surface area contributed by atoms with Crippen molar-refractivity contribution in [3.8, 4) is 5.75 Å². The molecule has 0 radical (unpaired) electrons. The molecule has 2 N–H and O–H groups in total. The summed E-state index contributed by atoms with van der Waals surface area (Å²) < 4.78 is 39.6. The standard InChI is InChI=1S/C33H37F2N7O4/c1-3-33(43)39-26-14-27(30(44-2)15-29(26)40-7-4-23(5-8-40)41-17-25-13-24(41)18-45-25)38-31-16-32(37-19-36-31)42-28(6-9-46-42)20-10-21(34)12-22(35)11-20/h3,10-12,14-16,19,23-25,28H,1,4-9,13,17-18H2,2H3,(H,39,43)(H,36,37,38)/t24-,25-,28-/m1/s1. The number of ether oxygens (including phenoxy) is 2. The fourth-order valence-corrected chi connectivity index (χ4v) is 7.14. The van der Waals surface area contributed by atoms with Crippen molar-refractivity contribution in [2.24, 2.45) is 0 Å². The Bertz CT molecular complexity index is 1600. The predicted octanol–water partition coefficient (Wildman–Crippen LogP) is 4.96. The lowest BCUT2D eigenvalue weighted by molar-refractivity contribution is -0.111. The smallest absolute Gasteiger partial charge is 0.247 e. The van der Waals surface area contributed by atoms with Crippen molar-refractivity contribution >= 4 is 34.6 Å². The van der Waals surface area contributed by atoms with Crippen molar-refractivity contribution in [1.82, 2.24) is 14.9 Å². The quantitative estimate of drug-likeness (QED) is 0.315. The Morgan fingerprint density at radius 3 is 2.54 bits per heavy atom. The molecule has 0 spiro atoms. The molecule has 0 saturated carbocycles. The average Bonchev–Trinajstić information content (AvgIpc) is 3.83. The molecule has 4 aliphatic rings. The number of halogens is 2. The predicted molar refractivity (Wildman–Crippen MR) is 169 cm³/mol. The van der Waals surface area contributed by atoms with E-state index < -0.39 is 17.7 Å². The maximum Gasteiger partial charge on any atom is 0.247 e. The van der Waals surface area contributed by atoms with Gasteiger partial charge >= 0.3 is 0 Å². The summed E-state index contributed by atoms with van der Waals surface area (Å²) in [6.07, 6.45) is 6.70. The number of piperidine rings is 1. The third-order valence-corrected chi connectivity index (χ3v) is 9.29. The summed E-state index contributed by atoms with van der Waals surface area (Å²) >= 11 is 0. The van der Waals surface area contributed by atoms with Gasteiger partial charge in [-0.2, -0.15) is 0 Å². The second-order valence-electron chi connectivity index (χ2n) is 12.1. The topological polar surface area (TPSA) is 104 Å². The Labute approximate surface area is 266 Å². The summed E-state index contributed by atoms with van der Waals surface area (Å²) in [6.45, 7) is 7.52. The number of hydrogen-bond donors (Lipinski definition) is 2. The molecule has 0 aliphatic carbocycles. The summed E-state index contributed by atoms with van der Waals surface area (Å²) in [4.78, 5) is 32.0. The molecule has 3 aromatic rings. The maximum absolute atomic E-state index is 14.0. The van der Waals surface area contributed by atoms with Gasteiger partial charge in [0.15, 0.2) is 5.82 Å². The molecule has 1 amide bonds. The number of methoxy groups -OCH3 is 1. The van der Waals surface area contributed by atoms with Gasteiger partial charge in [-0.15, -0.1) is 0 Å². The fourth-order valence-electron chi connectivity index (χ4n) is 7.14. The van der Waals surface area contributed by atoms with E-state index in [0.29, 0.717) is 65.5 Å². The monoisotopic (exact) mass is 633 g/mol. The first-order chi connectivity index (χ1) is 22.4. The van der Waals surface area contributed by atoms with E-state index >= 15 is 0 Å². The first kappa shape index (κ1) is 30.3. The van der Waals surface area contributed by atoms with Crippen LogP contribution >= 0.6 is 0 Å². The summed E-state index contributed by atoms with van der Waals surface area (Å²) in [7, 11) is 1.59. The van der Waals surface area contributed by atoms with Gasteiger partial charge in [0.25, 0.3) is 0 Å². The zero-order chi connectivity index (χ0) is 31.8. The minimum absolute atomic E-state index is 0.323. The number of benzene rings is 2. The molecule has 13 heteroatoms. The fraction of sp³-hybridized carbons (Fsp3) is 0.424. The summed E-state index contributed by atoms with van der Waals surface area (Å²) in [5.74, 6) is -0.217. The lowest BCUT2D eigenvalue weighted by Gasteiger charge is -2.41. The van der Waals surface area contributed by atoms with Crippen molar-refractivity contribution in [3.63, 3.8) is 0 Å². The number of hydroxylamine groups is 1. The largest absolute Gasteiger partial charge is 0.494 e. The van der Waals surface area contributed by atoms with Crippen LogP contribution in [0, 0.1) is 11.6 Å². The Kier molecular flexibility index (Phi) is 8.45. The maximum atomic E-state index is 14.0. The average molecular weight is 634 g/mol. The molecular formula is C33H37F2N7O4. The molecule has 242 valence electrons. The van der Waals surface area contributed by atoms with Gasteiger partial charge in [-0.25, -0.2) is 23.8 Å². The van der Waals surface area contributed by atoms with Crippen LogP contribution in [0.3, 0.4) is 0 Å². The molecule has 46 heavy (non-hydrogen) atoms. The van der Waals surface area contributed by atoms with Crippen LogP contribution in [0.2, 0.25) is 0 Å². The molecule has 11 nitrogen and oxygen atoms in total. The van der Waals surface area contributed by atoms with Crippen molar-refractivity contribution in [1.29, 1.82) is 0 Å². The van der Waals surface area contributed by atoms with Crippen LogP contribution in [-0.2, 0) is 14.4 Å². The van der Waals surface area contributed by atoms with Gasteiger partial charge in [0, 0.05) is 56.3 Å². The van der Waals surface area contributed by atoms with E-state index in [4.69, 9.17) is 14.3 Å². The molecule has 4 saturated heterocycles. The lowest BCUT2D eigenvalue weighted by atomic mass is 10.0. The summed E-state index contributed by atoms with van der Waals surface area (Å²) in [6, 6.07) is 9.50. The second-order valence-corrected chi connectivity index (χ2v) is 12.1. The zero-order valence-electron chi connectivity index (χ0n) is 25.6. The number of carbonyl (C=O) groups is 1. The number of fused-ring (bicyclic) bond motifs is 2. The number of carbonyl (C=O) groups excluding carboxylic acids is 1. The van der Waals surface area contributed by atoms with Crippen LogP contribution in [0.4, 0.5) is 37.5 Å². The van der Waals surface area contributed by atoms with E-state index in [-0.39, 0.29) is 5.91 Å². The molecule has 2 bridgehead atoms. The van der Waals surface area contributed by atoms with E-state index in [1.807, 2.05) is 12.1 Å². The van der Waals surface area contributed by atoms with Gasteiger partial charge in [0.2, 0.25) is 5.91 Å². The van der Waals surface area contributed by atoms with E-state index in [0.717, 1.165) is 57.3 Å². The third-order valence-electron chi connectivity index (χ3n) is 9.29. The molecule has 2 aromatic carbocycles. The molecule has 5 heterocycles. The van der Waals surface area contributed by atoms with Crippen molar-refractivity contribution in [2.75, 3.05) is 60.6 Å². The zero-order valence-corrected chi connectivity index (χ0v) is 25.6. The number of amides is 1. The van der Waals surface area contributed by atoms with Crippen LogP contribution in [0.15, 0.2) is 55.4 Å². The first-order valence-electron chi connectivity index (χ1n) is 15.6. The third kappa shape index (κ3) is 6.09. The number of nitrogens with one attached hydrogen (secondary N) is 2. The molecule has 4 fully saturated rings. The van der Waals surface area contributed by atoms with Gasteiger partial charge in [0.05, 0.1) is 49.5 Å². The van der Waals surface area contributed by atoms with Crippen molar-refractivity contribution in [3.05, 3.63) is 72.6 Å². The van der Waals surface area contributed by atoms with Gasteiger partial charge in [-0.1, -0.05) is 6.58 Å². The Morgan fingerprint density at radius 2 is 1.85 bits per heavy atom. The number of likely N-dealkylation sites (tertiary alicyclic amines) is 1. The van der Waals surface area contributed by atoms with E-state index in [9.17, 15) is 13.6 Å². The molecule has 3 atom stereocenters. The van der Waals surface area contributed by atoms with Gasteiger partial charge in [0.1, 0.15) is 29.5 Å². The first-order valence-corrected chi connectivity index (χ1v) is 15.6. The highest BCUT2D eigenvalue weighted by Gasteiger charge is 2.42. The highest BCUT2D eigenvalue weighted by atomic mass is 19.1. The van der Waals surface area contributed by atoms with Crippen LogP contribution in [0.25, 0.3) is 0 Å².